The minimum Gasteiger partial charge on any atom is -0.373 e. The van der Waals surface area contributed by atoms with Crippen molar-refractivity contribution >= 4 is 68.9 Å². The Kier molecular flexibility index (Phi) is 18.7. The van der Waals surface area contributed by atoms with Gasteiger partial charge in [-0.3, -0.25) is 0 Å². The Bertz CT molecular complexity index is 213. The normalized spacial score (nSPS) is 29.5. The van der Waals surface area contributed by atoms with Crippen LogP contribution in [0.2, 0.25) is 0 Å². The third-order valence-electron chi connectivity index (χ3n) is 3.97. The van der Waals surface area contributed by atoms with Crippen molar-refractivity contribution in [3.05, 3.63) is 0 Å². The Morgan fingerprint density at radius 2 is 0.636 bits per heavy atom. The van der Waals surface area contributed by atoms with E-state index in [2.05, 4.69) is 0 Å². The molecule has 22 heavy (non-hydrogen) atoms. The number of rotatable bonds is 0. The molecule has 0 saturated carbocycles. The maximum absolute atomic E-state index is 5.78. The Hall–Kier alpha value is 2.41. The summed E-state index contributed by atoms with van der Waals surface area (Å²) < 4.78 is 22.8. The second-order valence-corrected chi connectivity index (χ2v) is 5.45. The van der Waals surface area contributed by atoms with E-state index in [4.69, 9.17) is 18.9 Å². The summed E-state index contributed by atoms with van der Waals surface area (Å²) in [5.74, 6) is 0. The van der Waals surface area contributed by atoms with Gasteiger partial charge >= 0.3 is 18.9 Å². The van der Waals surface area contributed by atoms with Crippen molar-refractivity contribution in [1.29, 1.82) is 0 Å². The van der Waals surface area contributed by atoms with Crippen LogP contribution in [-0.2, 0) is 18.9 Å². The summed E-state index contributed by atoms with van der Waals surface area (Å²) in [5.41, 5.74) is 0. The van der Waals surface area contributed by atoms with Gasteiger partial charge in [0.2, 0.25) is 0 Å². The zero-order valence-electron chi connectivity index (χ0n) is 14.5. The first-order valence-corrected chi connectivity index (χ1v) is 7.93. The second kappa shape index (κ2) is 16.9. The number of ether oxygens (including phenoxy) is 4. The van der Waals surface area contributed by atoms with E-state index in [0.29, 0.717) is 13.2 Å². The molecule has 6 nitrogen and oxygen atoms in total. The molecule has 3 fully saturated rings. The minimum atomic E-state index is 0. The Balaban J connectivity index is 0.00000220. The van der Waals surface area contributed by atoms with Gasteiger partial charge in [0.15, 0.2) is 0 Å². The van der Waals surface area contributed by atoms with Crippen molar-refractivity contribution in [2.24, 2.45) is 0 Å². The van der Waals surface area contributed by atoms with Gasteiger partial charge in [-0.15, -0.1) is 0 Å². The van der Waals surface area contributed by atoms with Crippen molar-refractivity contribution < 1.29 is 47.6 Å². The third kappa shape index (κ3) is 11.9. The largest absolute Gasteiger partial charge is 1.00 e. The summed E-state index contributed by atoms with van der Waals surface area (Å²) in [7, 11) is 0. The first kappa shape index (κ1) is 24.4. The van der Waals surface area contributed by atoms with Crippen molar-refractivity contribution in [3.8, 4) is 0 Å². The molecule has 3 rings (SSSR count). The molecule has 0 amide bonds. The number of hydrogen-bond acceptors (Lipinski definition) is 4. The zero-order valence-corrected chi connectivity index (χ0v) is 20.8. The van der Waals surface area contributed by atoms with Gasteiger partial charge in [0.1, 0.15) is 39.3 Å². The van der Waals surface area contributed by atoms with Crippen LogP contribution in [-0.4, -0.2) is 161 Å². The van der Waals surface area contributed by atoms with Crippen LogP contribution < -0.4 is 28.7 Å². The summed E-state index contributed by atoms with van der Waals surface area (Å²) >= 11 is 0. The van der Waals surface area contributed by atoms with Gasteiger partial charge in [-0.2, -0.15) is 0 Å². The van der Waals surface area contributed by atoms with Crippen LogP contribution in [0.15, 0.2) is 0 Å². The van der Waals surface area contributed by atoms with E-state index in [-0.39, 0.29) is 87.8 Å². The molecule has 3 aliphatic heterocycles. The molecule has 0 aliphatic carbocycles. The smallest absolute Gasteiger partial charge is 0.373 e. The fraction of sp³-hybridized carbons (Fsp3) is 1.00. The molecule has 0 aromatic rings. The Morgan fingerprint density at radius 3 is 0.909 bits per heavy atom. The summed E-state index contributed by atoms with van der Waals surface area (Å²) in [6, 6.07) is 0. The summed E-state index contributed by atoms with van der Waals surface area (Å²) in [6.07, 6.45) is 0. The fourth-order valence-corrected chi connectivity index (χ4v) is 2.58. The molecule has 0 spiro atoms. The number of quaternary nitrogens is 2. The van der Waals surface area contributed by atoms with Crippen LogP contribution in [0.3, 0.4) is 0 Å². The molecule has 0 aromatic carbocycles. The number of fused-ring (bicyclic) bond motifs is 15. The summed E-state index contributed by atoms with van der Waals surface area (Å²) in [6.45, 7) is 12.5. The molecule has 2 bridgehead atoms. The van der Waals surface area contributed by atoms with E-state index in [0.717, 1.165) is 78.9 Å². The average Bonchev–Trinajstić information content (AvgIpc) is 2.46. The van der Waals surface area contributed by atoms with E-state index < -0.39 is 0 Å². The van der Waals surface area contributed by atoms with Crippen LogP contribution in [0.25, 0.3) is 0 Å². The minimum absolute atomic E-state index is 0. The van der Waals surface area contributed by atoms with E-state index >= 15 is 0 Å². The van der Waals surface area contributed by atoms with Crippen molar-refractivity contribution in [3.63, 3.8) is 0 Å². The molecule has 1 radical (unpaired) electrons. The van der Waals surface area contributed by atoms with E-state index in [1.165, 1.54) is 9.80 Å². The van der Waals surface area contributed by atoms with Gasteiger partial charge in [-0.25, -0.2) is 0 Å². The average molecular weight is 430 g/mol. The summed E-state index contributed by atoms with van der Waals surface area (Å²) in [5, 5.41) is 0. The van der Waals surface area contributed by atoms with Crippen LogP contribution in [0.4, 0.5) is 0 Å². The monoisotopic (exact) mass is 430 g/mol. The first-order valence-electron chi connectivity index (χ1n) is 7.93. The van der Waals surface area contributed by atoms with Gasteiger partial charge in [0.25, 0.3) is 0 Å². The molecule has 0 atom stereocenters. The van der Waals surface area contributed by atoms with Gasteiger partial charge in [0.05, 0.1) is 52.9 Å². The SMILES string of the molecule is C1COCC[NH+]2CCOCC[NH+](CCO1)CCOCC2.[Cs].[Li+]. The van der Waals surface area contributed by atoms with Crippen LogP contribution in [0.1, 0.15) is 0 Å². The van der Waals surface area contributed by atoms with Crippen LogP contribution >= 0.6 is 0 Å². The molecule has 0 aromatic heterocycles. The van der Waals surface area contributed by atoms with Crippen LogP contribution in [0.5, 0.6) is 0 Å². The predicted octanol–water partition coefficient (Wildman–Crippen LogP) is -6.53. The van der Waals surface area contributed by atoms with Gasteiger partial charge in [-0.05, 0) is 0 Å². The number of hydrogen-bond donors (Lipinski definition) is 2. The Morgan fingerprint density at radius 1 is 0.409 bits per heavy atom. The standard InChI is InChI=1S/C14H28N2O4.Cs.Li/c1-7-17-9-3-16-4-10-18-8-2-15(1)5-11-19-13-14-20-12-6-16;;/h1-14H2;;/q;;+1/p+2. The number of nitrogens with one attached hydrogen (secondary N) is 2. The maximum Gasteiger partial charge on any atom is 1.00 e. The molecule has 3 saturated heterocycles. The molecule has 8 heteroatoms. The molecule has 119 valence electrons. The third-order valence-corrected chi connectivity index (χ3v) is 3.97. The van der Waals surface area contributed by atoms with Crippen molar-refractivity contribution in [1.82, 2.24) is 0 Å². The van der Waals surface area contributed by atoms with Crippen molar-refractivity contribution in [2.75, 3.05) is 92.1 Å². The van der Waals surface area contributed by atoms with E-state index in [1.807, 2.05) is 0 Å². The maximum atomic E-state index is 5.78. The Labute approximate surface area is 205 Å². The van der Waals surface area contributed by atoms with Crippen molar-refractivity contribution in [2.45, 2.75) is 0 Å². The second-order valence-electron chi connectivity index (χ2n) is 5.45. The molecule has 0 unspecified atom stereocenters. The predicted molar refractivity (Wildman–Crippen MR) is 80.2 cm³/mol. The molecular weight excluding hydrogens is 400 g/mol. The van der Waals surface area contributed by atoms with Gasteiger partial charge < -0.3 is 28.7 Å². The molecule has 3 aliphatic rings. The van der Waals surface area contributed by atoms with Gasteiger partial charge in [-0.1, -0.05) is 0 Å². The van der Waals surface area contributed by atoms with Gasteiger partial charge in [0, 0.05) is 68.9 Å². The van der Waals surface area contributed by atoms with E-state index in [9.17, 15) is 0 Å². The van der Waals surface area contributed by atoms with Crippen LogP contribution in [0, 0.1) is 0 Å². The molecule has 3 heterocycles. The fourth-order valence-electron chi connectivity index (χ4n) is 2.58. The first-order chi connectivity index (χ1) is 9.95. The summed E-state index contributed by atoms with van der Waals surface area (Å²) in [4.78, 5) is 3.01. The molecule has 2 N–H and O–H groups in total. The quantitative estimate of drug-likeness (QED) is 0.376. The topological polar surface area (TPSA) is 45.8 Å². The zero-order chi connectivity index (χ0) is 13.9. The van der Waals surface area contributed by atoms with E-state index in [1.54, 1.807) is 0 Å². The molecular formula is C14H30CsLiN2O4+3.